The van der Waals surface area contributed by atoms with E-state index in [-0.39, 0.29) is 5.78 Å². The Morgan fingerprint density at radius 3 is 2.11 bits per heavy atom. The molecule has 0 saturated carbocycles. The molecule has 1 aromatic rings. The van der Waals surface area contributed by atoms with E-state index in [0.29, 0.717) is 11.3 Å². The van der Waals surface area contributed by atoms with Gasteiger partial charge in [-0.3, -0.25) is 4.79 Å². The molecule has 0 atom stereocenters. The maximum absolute atomic E-state index is 11.9. The highest BCUT2D eigenvalue weighted by Crippen LogP contribution is 2.12. The van der Waals surface area contributed by atoms with Crippen LogP contribution >= 0.6 is 0 Å². The van der Waals surface area contributed by atoms with Gasteiger partial charge in [-0.05, 0) is 6.92 Å². The molecule has 102 valence electrons. The lowest BCUT2D eigenvalue weighted by molar-refractivity contribution is -0.113. The van der Waals surface area contributed by atoms with Gasteiger partial charge >= 0.3 is 0 Å². The molecule has 19 heavy (non-hydrogen) atoms. The van der Waals surface area contributed by atoms with E-state index < -0.39 is 0 Å². The number of benzene rings is 1. The second kappa shape index (κ2) is 6.73. The molecule has 0 heterocycles. The van der Waals surface area contributed by atoms with Crippen molar-refractivity contribution < 1.29 is 4.79 Å². The van der Waals surface area contributed by atoms with Gasteiger partial charge < -0.3 is 9.91 Å². The van der Waals surface area contributed by atoms with E-state index in [1.54, 1.807) is 18.1 Å². The van der Waals surface area contributed by atoms with Crippen molar-refractivity contribution in [2.24, 2.45) is 5.10 Å². The summed E-state index contributed by atoms with van der Waals surface area (Å²) in [5, 5.41) is 6.16. The highest BCUT2D eigenvalue weighted by Gasteiger charge is 2.15. The fourth-order valence-corrected chi connectivity index (χ4v) is 1.64. The normalized spacial score (nSPS) is 12.3. The van der Waals surface area contributed by atoms with Crippen LogP contribution < -0.4 is 0 Å². The van der Waals surface area contributed by atoms with Crippen molar-refractivity contribution in [1.82, 2.24) is 9.91 Å². The Morgan fingerprint density at radius 2 is 1.68 bits per heavy atom. The van der Waals surface area contributed by atoms with Crippen molar-refractivity contribution in [2.75, 3.05) is 28.2 Å². The van der Waals surface area contributed by atoms with Crippen molar-refractivity contribution >= 4 is 11.5 Å². The molecule has 0 saturated heterocycles. The van der Waals surface area contributed by atoms with Crippen LogP contribution in [0.4, 0.5) is 0 Å². The second-order valence-electron chi connectivity index (χ2n) is 4.72. The van der Waals surface area contributed by atoms with Gasteiger partial charge in [-0.2, -0.15) is 5.10 Å². The minimum Gasteiger partial charge on any atom is -0.383 e. The van der Waals surface area contributed by atoms with E-state index in [1.807, 2.05) is 63.4 Å². The Labute approximate surface area is 115 Å². The Hall–Kier alpha value is -2.10. The molecule has 0 N–H and O–H groups in total. The molecule has 0 aliphatic carbocycles. The van der Waals surface area contributed by atoms with Crippen LogP contribution in [0.3, 0.4) is 0 Å². The van der Waals surface area contributed by atoms with Crippen molar-refractivity contribution in [3.63, 3.8) is 0 Å². The van der Waals surface area contributed by atoms with Crippen LogP contribution in [-0.2, 0) is 4.79 Å². The summed E-state index contributed by atoms with van der Waals surface area (Å²) in [5.74, 6) is -0.00171. The first-order valence-corrected chi connectivity index (χ1v) is 6.12. The lowest BCUT2D eigenvalue weighted by Crippen LogP contribution is -2.19. The summed E-state index contributed by atoms with van der Waals surface area (Å²) < 4.78 is 0. The molecule has 0 fully saturated rings. The Balaban J connectivity index is 3.36. The number of ketones is 1. The average molecular weight is 259 g/mol. The highest BCUT2D eigenvalue weighted by atomic mass is 16.1. The molecular weight excluding hydrogens is 238 g/mol. The summed E-state index contributed by atoms with van der Waals surface area (Å²) in [6, 6.07) is 9.73. The fourth-order valence-electron chi connectivity index (χ4n) is 1.64. The first-order valence-electron chi connectivity index (χ1n) is 6.12. The van der Waals surface area contributed by atoms with Crippen molar-refractivity contribution in [2.45, 2.75) is 6.92 Å². The number of rotatable bonds is 5. The van der Waals surface area contributed by atoms with Crippen LogP contribution in [0.1, 0.15) is 12.5 Å². The van der Waals surface area contributed by atoms with Gasteiger partial charge in [0.25, 0.3) is 0 Å². The van der Waals surface area contributed by atoms with Crippen LogP contribution in [0.2, 0.25) is 0 Å². The van der Waals surface area contributed by atoms with E-state index >= 15 is 0 Å². The SMILES string of the molecule is CC(=O)C(=C\N(C)C)/C(=N/N(C)C)c1ccccc1. The molecule has 0 aromatic heterocycles. The third-order valence-corrected chi connectivity index (χ3v) is 2.37. The van der Waals surface area contributed by atoms with Crippen molar-refractivity contribution in [3.8, 4) is 0 Å². The quantitative estimate of drug-likeness (QED) is 0.461. The van der Waals surface area contributed by atoms with Crippen LogP contribution in [-0.4, -0.2) is 49.6 Å². The minimum atomic E-state index is -0.00171. The summed E-state index contributed by atoms with van der Waals surface area (Å²) in [7, 11) is 7.47. The fraction of sp³-hybridized carbons (Fsp3) is 0.333. The van der Waals surface area contributed by atoms with Crippen molar-refractivity contribution in [3.05, 3.63) is 47.7 Å². The van der Waals surface area contributed by atoms with Crippen LogP contribution in [0, 0.1) is 0 Å². The summed E-state index contributed by atoms with van der Waals surface area (Å²) >= 11 is 0. The Kier molecular flexibility index (Phi) is 5.30. The van der Waals surface area contributed by atoms with Gasteiger partial charge in [0, 0.05) is 40.0 Å². The monoisotopic (exact) mass is 259 g/mol. The predicted molar refractivity (Wildman–Crippen MR) is 79.1 cm³/mol. The average Bonchev–Trinajstić information content (AvgIpc) is 2.33. The Bertz CT molecular complexity index is 487. The van der Waals surface area contributed by atoms with Gasteiger partial charge in [0.05, 0.1) is 5.57 Å². The maximum Gasteiger partial charge on any atom is 0.163 e. The lowest BCUT2D eigenvalue weighted by Gasteiger charge is -2.15. The number of hydrogen-bond donors (Lipinski definition) is 0. The zero-order valence-corrected chi connectivity index (χ0v) is 12.2. The molecule has 0 unspecified atom stereocenters. The van der Waals surface area contributed by atoms with Gasteiger partial charge in [-0.15, -0.1) is 0 Å². The number of hydrazone groups is 1. The van der Waals surface area contributed by atoms with E-state index in [0.717, 1.165) is 5.56 Å². The van der Waals surface area contributed by atoms with E-state index in [2.05, 4.69) is 5.10 Å². The zero-order chi connectivity index (χ0) is 14.4. The van der Waals surface area contributed by atoms with Gasteiger partial charge in [0.15, 0.2) is 5.78 Å². The van der Waals surface area contributed by atoms with Crippen LogP contribution in [0.25, 0.3) is 0 Å². The molecule has 1 rings (SSSR count). The van der Waals surface area contributed by atoms with Crippen LogP contribution in [0.5, 0.6) is 0 Å². The smallest absolute Gasteiger partial charge is 0.163 e. The van der Waals surface area contributed by atoms with Crippen molar-refractivity contribution in [1.29, 1.82) is 0 Å². The molecule has 4 heteroatoms. The van der Waals surface area contributed by atoms with Gasteiger partial charge in [-0.1, -0.05) is 30.3 Å². The van der Waals surface area contributed by atoms with Gasteiger partial charge in [0.1, 0.15) is 5.71 Å². The number of allylic oxidation sites excluding steroid dienone is 1. The maximum atomic E-state index is 11.9. The lowest BCUT2D eigenvalue weighted by atomic mass is 10.0. The molecule has 1 aromatic carbocycles. The predicted octanol–water partition coefficient (Wildman–Crippen LogP) is 1.99. The summed E-state index contributed by atoms with van der Waals surface area (Å²) in [5.41, 5.74) is 2.22. The standard InChI is InChI=1S/C15H21N3O/c1-12(19)14(11-17(2)3)15(16-18(4)5)13-9-7-6-8-10-13/h6-11H,1-5H3/b14-11+,16-15+. The minimum absolute atomic E-state index is 0.00171. The largest absolute Gasteiger partial charge is 0.383 e. The molecule has 0 radical (unpaired) electrons. The topological polar surface area (TPSA) is 35.9 Å². The highest BCUT2D eigenvalue weighted by molar-refractivity contribution is 6.27. The summed E-state index contributed by atoms with van der Waals surface area (Å²) in [4.78, 5) is 13.7. The van der Waals surface area contributed by atoms with E-state index in [1.165, 1.54) is 0 Å². The number of carbonyl (C=O) groups is 1. The first-order chi connectivity index (χ1) is 8.91. The number of nitrogens with zero attached hydrogens (tertiary/aromatic N) is 3. The van der Waals surface area contributed by atoms with Gasteiger partial charge in [0.2, 0.25) is 0 Å². The summed E-state index contributed by atoms with van der Waals surface area (Å²) in [6.45, 7) is 1.56. The third-order valence-electron chi connectivity index (χ3n) is 2.37. The third kappa shape index (κ3) is 4.58. The molecule has 4 nitrogen and oxygen atoms in total. The van der Waals surface area contributed by atoms with E-state index in [9.17, 15) is 4.79 Å². The molecule has 0 aliphatic rings. The van der Waals surface area contributed by atoms with Gasteiger partial charge in [-0.25, -0.2) is 0 Å². The molecule has 0 aliphatic heterocycles. The molecule has 0 bridgehead atoms. The zero-order valence-electron chi connectivity index (χ0n) is 12.2. The molecule has 0 spiro atoms. The number of carbonyl (C=O) groups excluding carboxylic acids is 1. The number of Topliss-reactive ketones (excluding diaryl/α,β-unsaturated/α-hetero) is 1. The Morgan fingerprint density at radius 1 is 1.11 bits per heavy atom. The summed E-state index contributed by atoms with van der Waals surface area (Å²) in [6.07, 6.45) is 1.80. The van der Waals surface area contributed by atoms with E-state index in [4.69, 9.17) is 0 Å². The second-order valence-corrected chi connectivity index (χ2v) is 4.72. The molecule has 0 amide bonds. The van der Waals surface area contributed by atoms with Crippen LogP contribution in [0.15, 0.2) is 47.2 Å². The number of hydrogen-bond acceptors (Lipinski definition) is 4. The first kappa shape index (κ1) is 15.0. The molecular formula is C15H21N3O.